The molecule has 0 unspecified atom stereocenters. The topological polar surface area (TPSA) is 57.6 Å². The van der Waals surface area contributed by atoms with Crippen molar-refractivity contribution in [2.24, 2.45) is 0 Å². The molecule has 0 spiro atoms. The van der Waals surface area contributed by atoms with Gasteiger partial charge >= 0.3 is 5.97 Å². The fourth-order valence-corrected chi connectivity index (χ4v) is 2.20. The number of hydrogen-bond acceptors (Lipinski definition) is 2. The van der Waals surface area contributed by atoms with Crippen molar-refractivity contribution in [3.8, 4) is 11.1 Å². The molecule has 0 aliphatic heterocycles. The number of carboxylic acid groups (broad SMARTS) is 1. The van der Waals surface area contributed by atoms with Crippen molar-refractivity contribution in [2.45, 2.75) is 0 Å². The lowest BCUT2D eigenvalue weighted by Gasteiger charge is -2.11. The largest absolute Gasteiger partial charge is 0.478 e. The van der Waals surface area contributed by atoms with E-state index >= 15 is 0 Å². The second kappa shape index (κ2) is 5.97. The van der Waals surface area contributed by atoms with Crippen molar-refractivity contribution < 1.29 is 14.7 Å². The molecule has 1 amide bonds. The lowest BCUT2D eigenvalue weighted by atomic mass is 10.0. The van der Waals surface area contributed by atoms with Crippen molar-refractivity contribution in [1.29, 1.82) is 0 Å². The minimum Gasteiger partial charge on any atom is -0.478 e. The number of carbonyl (C=O) groups is 2. The number of carbonyl (C=O) groups excluding carboxylic acids is 1. The average molecular weight is 304 g/mol. The number of rotatable bonds is 3. The molecule has 2 rings (SSSR count). The summed E-state index contributed by atoms with van der Waals surface area (Å²) in [7, 11) is 3.36. The molecule has 0 aromatic heterocycles. The number of halogens is 1. The van der Waals surface area contributed by atoms with E-state index in [1.54, 1.807) is 38.4 Å². The van der Waals surface area contributed by atoms with Gasteiger partial charge in [0.25, 0.3) is 5.91 Å². The van der Waals surface area contributed by atoms with E-state index in [-0.39, 0.29) is 11.5 Å². The van der Waals surface area contributed by atoms with Crippen LogP contribution in [0.2, 0.25) is 5.02 Å². The number of amides is 1. The molecule has 0 heterocycles. The third-order valence-electron chi connectivity index (χ3n) is 2.99. The molecule has 0 saturated carbocycles. The van der Waals surface area contributed by atoms with E-state index in [2.05, 4.69) is 0 Å². The molecule has 0 fully saturated rings. The minimum atomic E-state index is -1.04. The van der Waals surface area contributed by atoms with Crippen molar-refractivity contribution in [1.82, 2.24) is 4.90 Å². The molecule has 0 bridgehead atoms. The Kier molecular flexibility index (Phi) is 4.29. The van der Waals surface area contributed by atoms with Gasteiger partial charge in [0.1, 0.15) is 0 Å². The summed E-state index contributed by atoms with van der Waals surface area (Å²) in [5.74, 6) is -1.16. The molecule has 1 N–H and O–H groups in total. The first-order valence-electron chi connectivity index (χ1n) is 6.24. The Balaban J connectivity index is 2.50. The van der Waals surface area contributed by atoms with E-state index in [1.165, 1.54) is 17.0 Å². The van der Waals surface area contributed by atoms with Gasteiger partial charge in [-0.2, -0.15) is 0 Å². The van der Waals surface area contributed by atoms with Gasteiger partial charge in [-0.3, -0.25) is 4.79 Å². The maximum Gasteiger partial charge on any atom is 0.335 e. The fraction of sp³-hybridized carbons (Fsp3) is 0.125. The van der Waals surface area contributed by atoms with Gasteiger partial charge in [0, 0.05) is 24.7 Å². The van der Waals surface area contributed by atoms with E-state index in [0.29, 0.717) is 16.1 Å². The molecule has 21 heavy (non-hydrogen) atoms. The summed E-state index contributed by atoms with van der Waals surface area (Å²) in [6.07, 6.45) is 0. The van der Waals surface area contributed by atoms with E-state index in [1.807, 2.05) is 6.07 Å². The first-order valence-corrected chi connectivity index (χ1v) is 6.62. The highest BCUT2D eigenvalue weighted by atomic mass is 35.5. The number of benzene rings is 2. The maximum absolute atomic E-state index is 12.0. The quantitative estimate of drug-likeness (QED) is 0.945. The first-order chi connectivity index (χ1) is 9.88. The van der Waals surface area contributed by atoms with Crippen molar-refractivity contribution >= 4 is 23.5 Å². The molecule has 2 aromatic rings. The molecule has 0 radical (unpaired) electrons. The van der Waals surface area contributed by atoms with Crippen LogP contribution in [0, 0.1) is 0 Å². The summed E-state index contributed by atoms with van der Waals surface area (Å²) in [4.78, 5) is 24.5. The van der Waals surface area contributed by atoms with Crippen LogP contribution in [0.4, 0.5) is 0 Å². The standard InChI is InChI=1S/C16H14ClNO3/c1-18(2)15(19)11-5-3-4-10(6-11)12-7-13(16(20)21)9-14(17)8-12/h3-9H,1-2H3,(H,20,21). The highest BCUT2D eigenvalue weighted by molar-refractivity contribution is 6.31. The van der Waals surface area contributed by atoms with Crippen molar-refractivity contribution in [3.05, 3.63) is 58.6 Å². The van der Waals surface area contributed by atoms with E-state index < -0.39 is 5.97 Å². The van der Waals surface area contributed by atoms with Gasteiger partial charge in [-0.25, -0.2) is 4.79 Å². The average Bonchev–Trinajstić information content (AvgIpc) is 2.45. The summed E-state index contributed by atoms with van der Waals surface area (Å²) >= 11 is 5.96. The smallest absolute Gasteiger partial charge is 0.335 e. The Hall–Kier alpha value is -2.33. The third kappa shape index (κ3) is 3.41. The van der Waals surface area contributed by atoms with Crippen LogP contribution >= 0.6 is 11.6 Å². The molecular weight excluding hydrogens is 290 g/mol. The van der Waals surface area contributed by atoms with Crippen molar-refractivity contribution in [2.75, 3.05) is 14.1 Å². The van der Waals surface area contributed by atoms with Crippen LogP contribution in [-0.2, 0) is 0 Å². The van der Waals surface area contributed by atoms with E-state index in [4.69, 9.17) is 16.7 Å². The van der Waals surface area contributed by atoms with Crippen LogP contribution in [0.5, 0.6) is 0 Å². The Morgan fingerprint density at radius 3 is 2.29 bits per heavy atom. The molecule has 0 aliphatic rings. The van der Waals surface area contributed by atoms with Gasteiger partial charge in [-0.15, -0.1) is 0 Å². The second-order valence-corrected chi connectivity index (χ2v) is 5.25. The van der Waals surface area contributed by atoms with Crippen molar-refractivity contribution in [3.63, 3.8) is 0 Å². The third-order valence-corrected chi connectivity index (χ3v) is 3.21. The van der Waals surface area contributed by atoms with Crippen LogP contribution in [0.3, 0.4) is 0 Å². The summed E-state index contributed by atoms with van der Waals surface area (Å²) in [5, 5.41) is 9.42. The zero-order chi connectivity index (χ0) is 15.6. The first kappa shape index (κ1) is 15.1. The van der Waals surface area contributed by atoms with E-state index in [9.17, 15) is 9.59 Å². The molecule has 0 saturated heterocycles. The maximum atomic E-state index is 12.0. The van der Waals surface area contributed by atoms with Crippen LogP contribution in [0.15, 0.2) is 42.5 Å². The van der Waals surface area contributed by atoms with Gasteiger partial charge in [-0.1, -0.05) is 23.7 Å². The molecule has 5 heteroatoms. The monoisotopic (exact) mass is 303 g/mol. The van der Waals surface area contributed by atoms with Gasteiger partial charge < -0.3 is 10.0 Å². The Labute approximate surface area is 127 Å². The zero-order valence-electron chi connectivity index (χ0n) is 11.6. The van der Waals surface area contributed by atoms with E-state index in [0.717, 1.165) is 5.56 Å². The van der Waals surface area contributed by atoms with Gasteiger partial charge in [0.15, 0.2) is 0 Å². The number of nitrogens with zero attached hydrogens (tertiary/aromatic N) is 1. The van der Waals surface area contributed by atoms with Crippen LogP contribution < -0.4 is 0 Å². The van der Waals surface area contributed by atoms with Gasteiger partial charge in [0.05, 0.1) is 5.56 Å². The molecule has 2 aromatic carbocycles. The summed E-state index contributed by atoms with van der Waals surface area (Å²) < 4.78 is 0. The van der Waals surface area contributed by atoms with Crippen LogP contribution in [-0.4, -0.2) is 36.0 Å². The Bertz CT molecular complexity index is 710. The number of aromatic carboxylic acids is 1. The lowest BCUT2D eigenvalue weighted by molar-refractivity contribution is 0.0696. The Morgan fingerprint density at radius 2 is 1.67 bits per heavy atom. The normalized spacial score (nSPS) is 10.2. The molecule has 0 aliphatic carbocycles. The van der Waals surface area contributed by atoms with Gasteiger partial charge in [0.2, 0.25) is 0 Å². The second-order valence-electron chi connectivity index (χ2n) is 4.81. The summed E-state index contributed by atoms with van der Waals surface area (Å²) in [5.41, 5.74) is 2.05. The highest BCUT2D eigenvalue weighted by Gasteiger charge is 2.11. The predicted octanol–water partition coefficient (Wildman–Crippen LogP) is 3.41. The van der Waals surface area contributed by atoms with Crippen LogP contribution in [0.25, 0.3) is 11.1 Å². The molecule has 0 atom stereocenters. The number of hydrogen-bond donors (Lipinski definition) is 1. The number of carboxylic acids is 1. The SMILES string of the molecule is CN(C)C(=O)c1cccc(-c2cc(Cl)cc(C(=O)O)c2)c1. The highest BCUT2D eigenvalue weighted by Crippen LogP contribution is 2.26. The minimum absolute atomic E-state index is 0.113. The molecule has 108 valence electrons. The zero-order valence-corrected chi connectivity index (χ0v) is 12.4. The van der Waals surface area contributed by atoms with Gasteiger partial charge in [-0.05, 0) is 41.5 Å². The Morgan fingerprint density at radius 1 is 1.00 bits per heavy atom. The molecule has 4 nitrogen and oxygen atoms in total. The summed E-state index contributed by atoms with van der Waals surface area (Å²) in [6.45, 7) is 0. The summed E-state index contributed by atoms with van der Waals surface area (Å²) in [6, 6.07) is 11.6. The van der Waals surface area contributed by atoms with Crippen LogP contribution in [0.1, 0.15) is 20.7 Å². The fourth-order valence-electron chi connectivity index (χ4n) is 1.97. The molecular formula is C16H14ClNO3. The predicted molar refractivity (Wildman–Crippen MR) is 81.9 cm³/mol. The lowest BCUT2D eigenvalue weighted by Crippen LogP contribution is -2.21.